The van der Waals surface area contributed by atoms with Crippen LogP contribution < -0.4 is 15.8 Å². The van der Waals surface area contributed by atoms with E-state index in [-0.39, 0.29) is 12.3 Å². The number of ether oxygens (including phenoxy) is 1. The number of primary amides is 1. The summed E-state index contributed by atoms with van der Waals surface area (Å²) >= 11 is 1.29. The molecule has 0 spiro atoms. The minimum absolute atomic E-state index is 0.137. The summed E-state index contributed by atoms with van der Waals surface area (Å²) in [7, 11) is 1.60. The van der Waals surface area contributed by atoms with E-state index in [1.165, 1.54) is 11.8 Å². The standard InChI is InChI=1S/C21H25N5O4S/c1-14(20(28)23-12-15-6-3-4-8-17(15)29-2)31-21-25-24-19(10-9-18(22)27)26(21)13-16-7-5-11-30-16/h3-8,11,14H,9-10,12-13H2,1-2H3,(H2,22,27)(H,23,28). The predicted molar refractivity (Wildman–Crippen MR) is 116 cm³/mol. The maximum Gasteiger partial charge on any atom is 0.233 e. The maximum atomic E-state index is 12.7. The summed E-state index contributed by atoms with van der Waals surface area (Å²) in [6.07, 6.45) is 2.11. The quantitative estimate of drug-likeness (QED) is 0.435. The van der Waals surface area contributed by atoms with Gasteiger partial charge in [-0.05, 0) is 25.1 Å². The monoisotopic (exact) mass is 443 g/mol. The number of thioether (sulfide) groups is 1. The Balaban J connectivity index is 1.68. The molecule has 1 aromatic carbocycles. The van der Waals surface area contributed by atoms with Crippen molar-refractivity contribution in [2.75, 3.05) is 7.11 Å². The lowest BCUT2D eigenvalue weighted by Crippen LogP contribution is -2.30. The minimum Gasteiger partial charge on any atom is -0.496 e. The van der Waals surface area contributed by atoms with E-state index >= 15 is 0 Å². The highest BCUT2D eigenvalue weighted by Gasteiger charge is 2.21. The fourth-order valence-electron chi connectivity index (χ4n) is 2.93. The van der Waals surface area contributed by atoms with Gasteiger partial charge < -0.3 is 20.2 Å². The molecule has 0 radical (unpaired) electrons. The largest absolute Gasteiger partial charge is 0.496 e. The number of hydrogen-bond donors (Lipinski definition) is 2. The number of carbonyl (C=O) groups excluding carboxylic acids is 2. The number of carbonyl (C=O) groups is 2. The Morgan fingerprint density at radius 2 is 2.06 bits per heavy atom. The summed E-state index contributed by atoms with van der Waals surface area (Å²) in [6.45, 7) is 2.56. The summed E-state index contributed by atoms with van der Waals surface area (Å²) in [5.41, 5.74) is 6.17. The number of furan rings is 1. The highest BCUT2D eigenvalue weighted by atomic mass is 32.2. The Morgan fingerprint density at radius 1 is 1.26 bits per heavy atom. The second-order valence-electron chi connectivity index (χ2n) is 6.82. The second-order valence-corrected chi connectivity index (χ2v) is 8.13. The van der Waals surface area contributed by atoms with Crippen LogP contribution in [-0.2, 0) is 29.1 Å². The summed E-state index contributed by atoms with van der Waals surface area (Å²) in [5, 5.41) is 11.5. The average Bonchev–Trinajstić information content (AvgIpc) is 3.41. The van der Waals surface area contributed by atoms with Crippen LogP contribution in [0.2, 0.25) is 0 Å². The number of nitrogens with zero attached hydrogens (tertiary/aromatic N) is 3. The van der Waals surface area contributed by atoms with Crippen LogP contribution in [0.4, 0.5) is 0 Å². The van der Waals surface area contributed by atoms with E-state index in [1.54, 1.807) is 26.4 Å². The third-order valence-corrected chi connectivity index (χ3v) is 5.66. The molecule has 9 nitrogen and oxygen atoms in total. The van der Waals surface area contributed by atoms with Crippen molar-refractivity contribution in [3.05, 3.63) is 59.8 Å². The molecule has 0 saturated heterocycles. The maximum absolute atomic E-state index is 12.7. The van der Waals surface area contributed by atoms with Gasteiger partial charge in [0.05, 0.1) is 25.2 Å². The van der Waals surface area contributed by atoms with Crippen molar-refractivity contribution < 1.29 is 18.7 Å². The summed E-state index contributed by atoms with van der Waals surface area (Å²) < 4.78 is 12.6. The van der Waals surface area contributed by atoms with Crippen LogP contribution in [0.3, 0.4) is 0 Å². The topological polar surface area (TPSA) is 125 Å². The molecular weight excluding hydrogens is 418 g/mol. The van der Waals surface area contributed by atoms with E-state index in [4.69, 9.17) is 14.9 Å². The van der Waals surface area contributed by atoms with Gasteiger partial charge in [0.1, 0.15) is 17.3 Å². The smallest absolute Gasteiger partial charge is 0.233 e. The molecule has 10 heteroatoms. The van der Waals surface area contributed by atoms with Gasteiger partial charge in [-0.2, -0.15) is 0 Å². The van der Waals surface area contributed by atoms with E-state index in [9.17, 15) is 9.59 Å². The first kappa shape index (κ1) is 22.4. The Hall–Kier alpha value is -3.27. The van der Waals surface area contributed by atoms with Gasteiger partial charge in [-0.3, -0.25) is 14.2 Å². The second kappa shape index (κ2) is 10.7. The molecule has 0 aliphatic rings. The summed E-state index contributed by atoms with van der Waals surface area (Å²) in [5.74, 6) is 1.50. The first-order chi connectivity index (χ1) is 15.0. The van der Waals surface area contributed by atoms with Crippen LogP contribution in [0.5, 0.6) is 5.75 Å². The number of aromatic nitrogens is 3. The number of para-hydroxylation sites is 1. The van der Waals surface area contributed by atoms with Crippen LogP contribution >= 0.6 is 11.8 Å². The highest BCUT2D eigenvalue weighted by Crippen LogP contribution is 2.24. The minimum atomic E-state index is -0.418. The Bertz CT molecular complexity index is 1020. The Labute approximate surface area is 184 Å². The summed E-state index contributed by atoms with van der Waals surface area (Å²) in [6, 6.07) is 11.2. The number of aryl methyl sites for hydroxylation is 1. The van der Waals surface area contributed by atoms with Gasteiger partial charge in [-0.1, -0.05) is 30.0 Å². The lowest BCUT2D eigenvalue weighted by atomic mass is 10.2. The molecule has 3 aromatic rings. The molecule has 0 aliphatic carbocycles. The number of benzene rings is 1. The third-order valence-electron chi connectivity index (χ3n) is 4.58. The van der Waals surface area contributed by atoms with Gasteiger partial charge >= 0.3 is 0 Å². The molecular formula is C21H25N5O4S. The number of amides is 2. The van der Waals surface area contributed by atoms with E-state index in [0.717, 1.165) is 17.1 Å². The van der Waals surface area contributed by atoms with Crippen LogP contribution in [0.1, 0.15) is 30.5 Å². The molecule has 1 unspecified atom stereocenters. The first-order valence-electron chi connectivity index (χ1n) is 9.77. The van der Waals surface area contributed by atoms with Crippen molar-refractivity contribution in [2.24, 2.45) is 5.73 Å². The van der Waals surface area contributed by atoms with E-state index in [0.29, 0.717) is 30.5 Å². The SMILES string of the molecule is COc1ccccc1CNC(=O)C(C)Sc1nnc(CCC(N)=O)n1Cc1ccco1. The zero-order valence-electron chi connectivity index (χ0n) is 17.4. The molecule has 3 N–H and O–H groups in total. The Kier molecular flexibility index (Phi) is 7.71. The normalized spacial score (nSPS) is 11.8. The lowest BCUT2D eigenvalue weighted by molar-refractivity contribution is -0.120. The number of hydrogen-bond acceptors (Lipinski definition) is 7. The van der Waals surface area contributed by atoms with Gasteiger partial charge in [-0.25, -0.2) is 0 Å². The summed E-state index contributed by atoms with van der Waals surface area (Å²) in [4.78, 5) is 23.8. The predicted octanol–water partition coefficient (Wildman–Crippen LogP) is 2.14. The number of rotatable bonds is 11. The fourth-order valence-corrected chi connectivity index (χ4v) is 3.82. The van der Waals surface area contributed by atoms with Crippen molar-refractivity contribution in [3.8, 4) is 5.75 Å². The van der Waals surface area contributed by atoms with Gasteiger partial charge in [0.15, 0.2) is 5.16 Å². The molecule has 0 saturated carbocycles. The number of nitrogens with two attached hydrogens (primary N) is 1. The molecule has 0 bridgehead atoms. The van der Waals surface area contributed by atoms with E-state index in [2.05, 4.69) is 15.5 Å². The van der Waals surface area contributed by atoms with Crippen molar-refractivity contribution in [1.82, 2.24) is 20.1 Å². The molecule has 0 aliphatic heterocycles. The fraction of sp³-hybridized carbons (Fsp3) is 0.333. The highest BCUT2D eigenvalue weighted by molar-refractivity contribution is 8.00. The van der Waals surface area contributed by atoms with Crippen molar-refractivity contribution in [2.45, 2.75) is 43.3 Å². The van der Waals surface area contributed by atoms with Crippen LogP contribution in [0.25, 0.3) is 0 Å². The van der Waals surface area contributed by atoms with Crippen LogP contribution in [0, 0.1) is 0 Å². The number of nitrogens with one attached hydrogen (secondary N) is 1. The van der Waals surface area contributed by atoms with Crippen LogP contribution in [0.15, 0.2) is 52.2 Å². The molecule has 2 heterocycles. The molecule has 0 fully saturated rings. The van der Waals surface area contributed by atoms with Crippen molar-refractivity contribution >= 4 is 23.6 Å². The molecule has 2 amide bonds. The van der Waals surface area contributed by atoms with Crippen molar-refractivity contribution in [1.29, 1.82) is 0 Å². The van der Waals surface area contributed by atoms with Gasteiger partial charge in [0.25, 0.3) is 0 Å². The molecule has 164 valence electrons. The molecule has 31 heavy (non-hydrogen) atoms. The van der Waals surface area contributed by atoms with Crippen molar-refractivity contribution in [3.63, 3.8) is 0 Å². The first-order valence-corrected chi connectivity index (χ1v) is 10.6. The molecule has 1 atom stereocenters. The zero-order chi connectivity index (χ0) is 22.2. The van der Waals surface area contributed by atoms with E-state index < -0.39 is 11.2 Å². The van der Waals surface area contributed by atoms with Gasteiger partial charge in [0, 0.05) is 24.9 Å². The number of methoxy groups -OCH3 is 1. The molecule has 3 rings (SSSR count). The van der Waals surface area contributed by atoms with Gasteiger partial charge in [0.2, 0.25) is 11.8 Å². The molecule has 2 aromatic heterocycles. The zero-order valence-corrected chi connectivity index (χ0v) is 18.2. The average molecular weight is 444 g/mol. The Morgan fingerprint density at radius 3 is 2.77 bits per heavy atom. The van der Waals surface area contributed by atoms with E-state index in [1.807, 2.05) is 34.9 Å². The third kappa shape index (κ3) is 6.11. The van der Waals surface area contributed by atoms with Crippen LogP contribution in [-0.4, -0.2) is 38.9 Å². The lowest BCUT2D eigenvalue weighted by Gasteiger charge is -2.14. The van der Waals surface area contributed by atoms with Gasteiger partial charge in [-0.15, -0.1) is 10.2 Å².